The lowest BCUT2D eigenvalue weighted by molar-refractivity contribution is -0.00106. The Morgan fingerprint density at radius 2 is 2.00 bits per heavy atom. The molecular formula is C22H34N4O2. The summed E-state index contributed by atoms with van der Waals surface area (Å²) in [5.74, 6) is 1.80. The summed E-state index contributed by atoms with van der Waals surface area (Å²) in [6.45, 7) is 10.3. The second-order valence-electron chi connectivity index (χ2n) is 8.98. The number of ether oxygens (including phenoxy) is 1. The smallest absolute Gasteiger partial charge is 0.317 e. The van der Waals surface area contributed by atoms with Gasteiger partial charge >= 0.3 is 6.03 Å². The molecule has 154 valence electrons. The molecule has 2 amide bonds. The van der Waals surface area contributed by atoms with Crippen molar-refractivity contribution in [2.45, 2.75) is 38.3 Å². The van der Waals surface area contributed by atoms with Gasteiger partial charge in [0.15, 0.2) is 0 Å². The number of benzene rings is 1. The van der Waals surface area contributed by atoms with Crippen LogP contribution in [0.15, 0.2) is 24.3 Å². The number of carbonyl (C=O) groups excluding carboxylic acids is 1. The summed E-state index contributed by atoms with van der Waals surface area (Å²) in [4.78, 5) is 18.5. The van der Waals surface area contributed by atoms with Crippen LogP contribution >= 0.6 is 0 Å². The zero-order valence-electron chi connectivity index (χ0n) is 17.3. The van der Waals surface area contributed by atoms with Gasteiger partial charge in [0.1, 0.15) is 5.75 Å². The van der Waals surface area contributed by atoms with E-state index >= 15 is 0 Å². The molecule has 3 aliphatic rings. The van der Waals surface area contributed by atoms with Crippen molar-refractivity contribution >= 4 is 6.03 Å². The van der Waals surface area contributed by atoms with E-state index in [1.54, 1.807) is 0 Å². The Kier molecular flexibility index (Phi) is 5.78. The highest BCUT2D eigenvalue weighted by Crippen LogP contribution is 2.31. The van der Waals surface area contributed by atoms with Gasteiger partial charge in [0.05, 0.1) is 12.1 Å². The zero-order chi connectivity index (χ0) is 19.6. The third-order valence-electron chi connectivity index (χ3n) is 6.58. The van der Waals surface area contributed by atoms with Gasteiger partial charge < -0.3 is 19.9 Å². The fourth-order valence-electron chi connectivity index (χ4n) is 4.83. The monoisotopic (exact) mass is 386 g/mol. The lowest BCUT2D eigenvalue weighted by Crippen LogP contribution is -2.68. The van der Waals surface area contributed by atoms with Crippen molar-refractivity contribution in [1.29, 1.82) is 0 Å². The Bertz CT molecular complexity index is 672. The molecule has 3 aliphatic heterocycles. The largest absolute Gasteiger partial charge is 0.494 e. The number of rotatable bonds is 7. The first-order valence-corrected chi connectivity index (χ1v) is 10.7. The Labute approximate surface area is 168 Å². The predicted molar refractivity (Wildman–Crippen MR) is 111 cm³/mol. The molecule has 0 aromatic heterocycles. The first kappa shape index (κ1) is 19.5. The van der Waals surface area contributed by atoms with Crippen molar-refractivity contribution in [1.82, 2.24) is 20.0 Å². The van der Waals surface area contributed by atoms with Gasteiger partial charge in [-0.25, -0.2) is 4.79 Å². The fraction of sp³-hybridized carbons (Fsp3) is 0.682. The molecule has 1 N–H and O–H groups in total. The van der Waals surface area contributed by atoms with Crippen LogP contribution in [0.25, 0.3) is 0 Å². The molecule has 28 heavy (non-hydrogen) atoms. The Morgan fingerprint density at radius 1 is 1.21 bits per heavy atom. The molecule has 3 heterocycles. The van der Waals surface area contributed by atoms with Crippen molar-refractivity contribution in [2.24, 2.45) is 5.92 Å². The van der Waals surface area contributed by atoms with Crippen molar-refractivity contribution < 1.29 is 9.53 Å². The third-order valence-corrected chi connectivity index (χ3v) is 6.58. The number of likely N-dealkylation sites (tertiary alicyclic amines) is 2. The van der Waals surface area contributed by atoms with Gasteiger partial charge in [0.2, 0.25) is 0 Å². The minimum Gasteiger partial charge on any atom is -0.494 e. The summed E-state index contributed by atoms with van der Waals surface area (Å²) < 4.78 is 5.93. The van der Waals surface area contributed by atoms with E-state index in [1.165, 1.54) is 31.5 Å². The molecule has 1 atom stereocenters. The van der Waals surface area contributed by atoms with Gasteiger partial charge in [-0.1, -0.05) is 19.1 Å². The molecular weight excluding hydrogens is 352 g/mol. The molecule has 1 unspecified atom stereocenters. The summed E-state index contributed by atoms with van der Waals surface area (Å²) in [7, 11) is 1.90. The Balaban J connectivity index is 1.15. The van der Waals surface area contributed by atoms with E-state index in [9.17, 15) is 4.79 Å². The topological polar surface area (TPSA) is 48.1 Å². The van der Waals surface area contributed by atoms with Crippen LogP contribution in [0.2, 0.25) is 0 Å². The summed E-state index contributed by atoms with van der Waals surface area (Å²) in [5.41, 5.74) is 1.30. The summed E-state index contributed by atoms with van der Waals surface area (Å²) in [6.07, 6.45) is 3.80. The highest BCUT2D eigenvalue weighted by atomic mass is 16.5. The molecule has 0 radical (unpaired) electrons. The molecule has 0 aliphatic carbocycles. The molecule has 0 bridgehead atoms. The number of carbonyl (C=O) groups is 1. The number of nitrogens with one attached hydrogen (secondary N) is 1. The summed E-state index contributed by atoms with van der Waals surface area (Å²) >= 11 is 0. The Hall–Kier alpha value is -1.79. The van der Waals surface area contributed by atoms with E-state index in [4.69, 9.17) is 4.74 Å². The first-order chi connectivity index (χ1) is 13.5. The minimum atomic E-state index is 0.00624. The van der Waals surface area contributed by atoms with Crippen LogP contribution in [0.5, 0.6) is 5.75 Å². The van der Waals surface area contributed by atoms with Crippen LogP contribution in [-0.4, -0.2) is 79.2 Å². The molecule has 1 aromatic carbocycles. The van der Waals surface area contributed by atoms with Gasteiger partial charge in [-0.3, -0.25) is 4.90 Å². The van der Waals surface area contributed by atoms with E-state index < -0.39 is 0 Å². The van der Waals surface area contributed by atoms with E-state index in [0.29, 0.717) is 0 Å². The van der Waals surface area contributed by atoms with Crippen LogP contribution in [0.4, 0.5) is 4.79 Å². The maximum atomic E-state index is 11.7. The fourth-order valence-corrected chi connectivity index (χ4v) is 4.83. The van der Waals surface area contributed by atoms with Crippen molar-refractivity contribution in [3.63, 3.8) is 0 Å². The SMILES string of the molecule is CC1CCCN(CCCOc2ccc(CN3CC4(CNC(=O)N4C)C3)cc2)C1. The van der Waals surface area contributed by atoms with Crippen LogP contribution in [0.3, 0.4) is 0 Å². The highest BCUT2D eigenvalue weighted by molar-refractivity contribution is 5.78. The second kappa shape index (κ2) is 8.29. The molecule has 1 aromatic rings. The third kappa shape index (κ3) is 4.28. The van der Waals surface area contributed by atoms with Gasteiger partial charge in [0.25, 0.3) is 0 Å². The van der Waals surface area contributed by atoms with E-state index in [0.717, 1.165) is 57.4 Å². The number of hydrogen-bond donors (Lipinski definition) is 1. The number of urea groups is 1. The Morgan fingerprint density at radius 3 is 2.68 bits per heavy atom. The highest BCUT2D eigenvalue weighted by Gasteiger charge is 2.51. The van der Waals surface area contributed by atoms with E-state index in [2.05, 4.69) is 46.3 Å². The van der Waals surface area contributed by atoms with Gasteiger partial charge in [-0.2, -0.15) is 0 Å². The molecule has 3 fully saturated rings. The normalized spacial score (nSPS) is 25.0. The van der Waals surface area contributed by atoms with Gasteiger partial charge in [-0.05, 0) is 49.4 Å². The lowest BCUT2D eigenvalue weighted by Gasteiger charge is -2.50. The van der Waals surface area contributed by atoms with Crippen molar-refractivity contribution in [2.75, 3.05) is 52.9 Å². The number of amides is 2. The molecule has 4 rings (SSSR count). The van der Waals surface area contributed by atoms with E-state index in [-0.39, 0.29) is 11.6 Å². The number of nitrogens with zero attached hydrogens (tertiary/aromatic N) is 3. The first-order valence-electron chi connectivity index (χ1n) is 10.7. The average Bonchev–Trinajstić information content (AvgIpc) is 2.96. The number of hydrogen-bond acceptors (Lipinski definition) is 4. The van der Waals surface area contributed by atoms with Crippen LogP contribution in [-0.2, 0) is 6.54 Å². The maximum Gasteiger partial charge on any atom is 0.317 e. The van der Waals surface area contributed by atoms with Gasteiger partial charge in [0, 0.05) is 46.3 Å². The van der Waals surface area contributed by atoms with E-state index in [1.807, 2.05) is 11.9 Å². The number of piperidine rings is 1. The number of likely N-dealkylation sites (N-methyl/N-ethyl adjacent to an activating group) is 1. The summed E-state index contributed by atoms with van der Waals surface area (Å²) in [5, 5.41) is 2.94. The van der Waals surface area contributed by atoms with Crippen molar-refractivity contribution in [3.8, 4) is 5.75 Å². The van der Waals surface area contributed by atoms with Crippen molar-refractivity contribution in [3.05, 3.63) is 29.8 Å². The quantitative estimate of drug-likeness (QED) is 0.731. The van der Waals surface area contributed by atoms with Crippen LogP contribution < -0.4 is 10.1 Å². The van der Waals surface area contributed by atoms with Gasteiger partial charge in [-0.15, -0.1) is 0 Å². The predicted octanol–water partition coefficient (Wildman–Crippen LogP) is 2.40. The second-order valence-corrected chi connectivity index (χ2v) is 8.98. The molecule has 3 saturated heterocycles. The lowest BCUT2D eigenvalue weighted by atomic mass is 9.89. The molecule has 6 nitrogen and oxygen atoms in total. The summed E-state index contributed by atoms with van der Waals surface area (Å²) in [6, 6.07) is 8.54. The zero-order valence-corrected chi connectivity index (χ0v) is 17.3. The maximum absolute atomic E-state index is 11.7. The molecule has 6 heteroatoms. The minimum absolute atomic E-state index is 0.00624. The molecule has 0 saturated carbocycles. The average molecular weight is 387 g/mol. The van der Waals surface area contributed by atoms with Crippen LogP contribution in [0, 0.1) is 5.92 Å². The molecule has 1 spiro atoms. The standard InChI is InChI=1S/C22H34N4O2/c1-18-5-3-10-25(13-18)11-4-12-28-20-8-6-19(7-9-20)14-26-16-22(17-26)15-23-21(27)24(22)2/h6-9,18H,3-5,10-17H2,1-2H3,(H,23,27). The van der Waals surface area contributed by atoms with Crippen LogP contribution in [0.1, 0.15) is 31.7 Å².